The summed E-state index contributed by atoms with van der Waals surface area (Å²) >= 11 is 0. The number of hydrogen-bond donors (Lipinski definition) is 0. The number of benzene rings is 1. The number of nitrogens with zero attached hydrogens (tertiary/aromatic N) is 5. The molecule has 1 amide bonds. The van der Waals surface area contributed by atoms with Crippen LogP contribution in [0.25, 0.3) is 5.65 Å². The zero-order chi connectivity index (χ0) is 25.7. The molecule has 0 spiro atoms. The quantitative estimate of drug-likeness (QED) is 0.552. The number of carbonyl (C=O) groups excluding carboxylic acids is 1. The predicted octanol–water partition coefficient (Wildman–Crippen LogP) is 3.02. The minimum atomic E-state index is -0.650. The first-order valence-electron chi connectivity index (χ1n) is 12.0. The van der Waals surface area contributed by atoms with E-state index in [-0.39, 0.29) is 17.5 Å². The van der Waals surface area contributed by atoms with Gasteiger partial charge in [0.1, 0.15) is 23.1 Å². The topological polar surface area (TPSA) is 70.4 Å². The van der Waals surface area contributed by atoms with Crippen LogP contribution in [0, 0.1) is 11.6 Å². The summed E-state index contributed by atoms with van der Waals surface area (Å²) in [7, 11) is 3.28. The van der Waals surface area contributed by atoms with E-state index >= 15 is 0 Å². The SMILES string of the molecule is CC1Cc2c(F)cc(F)cc2N1C(C)c1cc(C(=O)N(C)C)cn2c(=O)cc(N3CCOCC3)nc12. The lowest BCUT2D eigenvalue weighted by Crippen LogP contribution is -2.38. The highest BCUT2D eigenvalue weighted by Crippen LogP contribution is 2.41. The monoisotopic (exact) mass is 497 g/mol. The van der Waals surface area contributed by atoms with Crippen molar-refractivity contribution in [2.24, 2.45) is 0 Å². The minimum Gasteiger partial charge on any atom is -0.378 e. The van der Waals surface area contributed by atoms with Gasteiger partial charge in [0.05, 0.1) is 24.8 Å². The van der Waals surface area contributed by atoms with Crippen molar-refractivity contribution in [3.8, 4) is 0 Å². The maximum absolute atomic E-state index is 14.6. The molecule has 10 heteroatoms. The average Bonchev–Trinajstić information content (AvgIpc) is 3.19. The number of ether oxygens (including phenoxy) is 1. The number of amides is 1. The van der Waals surface area contributed by atoms with E-state index in [4.69, 9.17) is 9.72 Å². The summed E-state index contributed by atoms with van der Waals surface area (Å²) in [5.41, 5.74) is 1.98. The van der Waals surface area contributed by atoms with Gasteiger partial charge in [-0.15, -0.1) is 0 Å². The fourth-order valence-corrected chi connectivity index (χ4v) is 5.25. The van der Waals surface area contributed by atoms with Gasteiger partial charge in [0.15, 0.2) is 0 Å². The molecule has 1 fully saturated rings. The van der Waals surface area contributed by atoms with E-state index in [1.165, 1.54) is 27.6 Å². The number of rotatable bonds is 4. The van der Waals surface area contributed by atoms with Gasteiger partial charge in [-0.25, -0.2) is 13.8 Å². The van der Waals surface area contributed by atoms with Gasteiger partial charge >= 0.3 is 0 Å². The number of halogens is 2. The van der Waals surface area contributed by atoms with E-state index in [1.807, 2.05) is 23.6 Å². The van der Waals surface area contributed by atoms with Crippen molar-refractivity contribution in [1.82, 2.24) is 14.3 Å². The van der Waals surface area contributed by atoms with Gasteiger partial charge in [-0.1, -0.05) is 0 Å². The van der Waals surface area contributed by atoms with Crippen LogP contribution >= 0.6 is 0 Å². The summed E-state index contributed by atoms with van der Waals surface area (Å²) in [4.78, 5) is 36.4. The zero-order valence-electron chi connectivity index (χ0n) is 20.8. The Labute approximate surface area is 207 Å². The van der Waals surface area contributed by atoms with Crippen LogP contribution in [0.5, 0.6) is 0 Å². The summed E-state index contributed by atoms with van der Waals surface area (Å²) in [6.45, 7) is 6.16. The van der Waals surface area contributed by atoms with Crippen molar-refractivity contribution in [3.63, 3.8) is 0 Å². The number of pyridine rings is 1. The van der Waals surface area contributed by atoms with E-state index in [0.717, 1.165) is 6.07 Å². The second-order valence-electron chi connectivity index (χ2n) is 9.65. The van der Waals surface area contributed by atoms with Crippen LogP contribution in [0.2, 0.25) is 0 Å². The molecule has 5 rings (SSSR count). The third kappa shape index (κ3) is 4.09. The molecule has 8 nitrogen and oxygen atoms in total. The first-order valence-corrected chi connectivity index (χ1v) is 12.0. The number of hydrogen-bond acceptors (Lipinski definition) is 6. The molecule has 2 aliphatic heterocycles. The molecular formula is C26H29F2N5O3. The smallest absolute Gasteiger partial charge is 0.259 e. The normalized spacial score (nSPS) is 18.4. The highest BCUT2D eigenvalue weighted by atomic mass is 19.1. The van der Waals surface area contributed by atoms with Gasteiger partial charge in [-0.3, -0.25) is 14.0 Å². The second-order valence-corrected chi connectivity index (χ2v) is 9.65. The fourth-order valence-electron chi connectivity index (χ4n) is 5.25. The molecule has 1 saturated heterocycles. The Balaban J connectivity index is 1.71. The lowest BCUT2D eigenvalue weighted by Gasteiger charge is -2.33. The van der Waals surface area contributed by atoms with E-state index in [1.54, 1.807) is 20.2 Å². The fraction of sp³-hybridized carbons (Fsp3) is 0.423. The molecular weight excluding hydrogens is 468 g/mol. The Hall–Kier alpha value is -3.53. The van der Waals surface area contributed by atoms with Gasteiger partial charge in [-0.2, -0.15) is 0 Å². The summed E-state index contributed by atoms with van der Waals surface area (Å²) in [6, 6.07) is 4.89. The van der Waals surface area contributed by atoms with Gasteiger partial charge in [0.25, 0.3) is 11.5 Å². The van der Waals surface area contributed by atoms with E-state index in [2.05, 4.69) is 0 Å². The molecule has 2 aliphatic rings. The van der Waals surface area contributed by atoms with Crippen LogP contribution in [-0.4, -0.2) is 66.6 Å². The molecule has 0 bridgehead atoms. The molecule has 0 aliphatic carbocycles. The van der Waals surface area contributed by atoms with E-state index in [9.17, 15) is 18.4 Å². The standard InChI is InChI=1S/C26H29F2N5O3/c1-15-9-20-21(28)11-18(27)12-22(20)33(15)16(2)19-10-17(26(35)30(3)4)14-32-24(34)13-23(29-25(19)32)31-5-7-36-8-6-31/h10-16H,5-9H2,1-4H3. The van der Waals surface area contributed by atoms with Crippen molar-refractivity contribution in [2.75, 3.05) is 50.2 Å². The maximum atomic E-state index is 14.6. The summed E-state index contributed by atoms with van der Waals surface area (Å²) < 4.78 is 35.6. The third-order valence-corrected chi connectivity index (χ3v) is 7.02. The van der Waals surface area contributed by atoms with E-state index < -0.39 is 17.7 Å². The van der Waals surface area contributed by atoms with Gasteiger partial charge in [0.2, 0.25) is 0 Å². The Morgan fingerprint density at radius 2 is 1.89 bits per heavy atom. The van der Waals surface area contributed by atoms with Crippen molar-refractivity contribution >= 4 is 23.1 Å². The molecule has 3 aromatic rings. The summed E-state index contributed by atoms with van der Waals surface area (Å²) in [5.74, 6) is -0.948. The molecule has 0 saturated carbocycles. The Morgan fingerprint density at radius 3 is 2.58 bits per heavy atom. The second kappa shape index (κ2) is 9.16. The van der Waals surface area contributed by atoms with Crippen molar-refractivity contribution in [1.29, 1.82) is 0 Å². The number of morpholine rings is 1. The Bertz CT molecular complexity index is 1400. The van der Waals surface area contributed by atoms with Crippen LogP contribution in [0.4, 0.5) is 20.3 Å². The van der Waals surface area contributed by atoms with Gasteiger partial charge < -0.3 is 19.4 Å². The Morgan fingerprint density at radius 1 is 1.17 bits per heavy atom. The molecule has 190 valence electrons. The molecule has 0 radical (unpaired) electrons. The lowest BCUT2D eigenvalue weighted by atomic mass is 10.0. The number of fused-ring (bicyclic) bond motifs is 2. The number of carbonyl (C=O) groups is 1. The molecule has 2 aromatic heterocycles. The number of anilines is 2. The van der Waals surface area contributed by atoms with Crippen molar-refractivity contribution in [3.05, 3.63) is 69.1 Å². The zero-order valence-corrected chi connectivity index (χ0v) is 20.8. The van der Waals surface area contributed by atoms with Crippen LogP contribution in [-0.2, 0) is 11.2 Å². The lowest BCUT2D eigenvalue weighted by molar-refractivity contribution is 0.0827. The largest absolute Gasteiger partial charge is 0.378 e. The van der Waals surface area contributed by atoms with Crippen LogP contribution in [0.15, 0.2) is 35.3 Å². The Kier molecular flexibility index (Phi) is 6.15. The molecule has 36 heavy (non-hydrogen) atoms. The van der Waals surface area contributed by atoms with Crippen LogP contribution in [0.3, 0.4) is 0 Å². The number of aromatic nitrogens is 2. The molecule has 4 heterocycles. The van der Waals surface area contributed by atoms with Crippen molar-refractivity contribution in [2.45, 2.75) is 32.4 Å². The van der Waals surface area contributed by atoms with Crippen molar-refractivity contribution < 1.29 is 18.3 Å². The van der Waals surface area contributed by atoms with E-state index in [0.29, 0.717) is 66.6 Å². The van der Waals surface area contributed by atoms with Gasteiger partial charge in [0, 0.05) is 68.4 Å². The van der Waals surface area contributed by atoms with Gasteiger partial charge in [-0.05, 0) is 32.4 Å². The third-order valence-electron chi connectivity index (χ3n) is 7.02. The van der Waals surface area contributed by atoms with Crippen LogP contribution in [0.1, 0.15) is 41.4 Å². The first-order chi connectivity index (χ1) is 17.2. The molecule has 1 aromatic carbocycles. The predicted molar refractivity (Wildman–Crippen MR) is 133 cm³/mol. The highest BCUT2D eigenvalue weighted by Gasteiger charge is 2.34. The summed E-state index contributed by atoms with van der Waals surface area (Å²) in [5, 5.41) is 0. The minimum absolute atomic E-state index is 0.131. The first kappa shape index (κ1) is 24.2. The van der Waals surface area contributed by atoms with Crippen LogP contribution < -0.4 is 15.4 Å². The molecule has 0 N–H and O–H groups in total. The molecule has 2 atom stereocenters. The average molecular weight is 498 g/mol. The highest BCUT2D eigenvalue weighted by molar-refractivity contribution is 5.94. The summed E-state index contributed by atoms with van der Waals surface area (Å²) in [6.07, 6.45) is 1.93. The maximum Gasteiger partial charge on any atom is 0.259 e. The molecule has 2 unspecified atom stereocenters.